The van der Waals surface area contributed by atoms with Gasteiger partial charge in [0.1, 0.15) is 0 Å². The quantitative estimate of drug-likeness (QED) is 0.537. The van der Waals surface area contributed by atoms with Crippen LogP contribution in [0.3, 0.4) is 0 Å². The van der Waals surface area contributed by atoms with Gasteiger partial charge in [-0.1, -0.05) is 0 Å². The first-order valence-electron chi connectivity index (χ1n) is 3.09. The molecule has 0 fully saturated rings. The highest BCUT2D eigenvalue weighted by molar-refractivity contribution is 4.96. The summed E-state index contributed by atoms with van der Waals surface area (Å²) in [6.45, 7) is 8.13. The number of aromatic nitrogens is 1. The van der Waals surface area contributed by atoms with E-state index in [1.165, 1.54) is 0 Å². The maximum absolute atomic E-state index is 3.98. The third kappa shape index (κ3) is 1.35. The van der Waals surface area contributed by atoms with Crippen molar-refractivity contribution in [1.82, 2.24) is 4.57 Å². The summed E-state index contributed by atoms with van der Waals surface area (Å²) < 4.78 is 2.08. The summed E-state index contributed by atoms with van der Waals surface area (Å²) in [6.07, 6.45) is 4.04. The highest BCUT2D eigenvalue weighted by atomic mass is 15.0. The lowest BCUT2D eigenvalue weighted by atomic mass is 10.1. The average molecular weight is 122 g/mol. The summed E-state index contributed by atoms with van der Waals surface area (Å²) in [5.74, 6) is 0. The van der Waals surface area contributed by atoms with E-state index in [9.17, 15) is 0 Å². The zero-order valence-corrected chi connectivity index (χ0v) is 5.96. The molecule has 0 N–H and O–H groups in total. The zero-order chi connectivity index (χ0) is 6.91. The predicted octanol–water partition coefficient (Wildman–Crippen LogP) is 2.06. The minimum atomic E-state index is -0.0104. The highest BCUT2D eigenvalue weighted by Crippen LogP contribution is 2.11. The minimum Gasteiger partial charge on any atom is -0.349 e. The summed E-state index contributed by atoms with van der Waals surface area (Å²) >= 11 is 0. The van der Waals surface area contributed by atoms with Crippen molar-refractivity contribution in [3.63, 3.8) is 0 Å². The van der Waals surface area contributed by atoms with Crippen molar-refractivity contribution in [3.8, 4) is 0 Å². The van der Waals surface area contributed by atoms with Crippen LogP contribution in [-0.2, 0) is 5.54 Å². The molecule has 49 valence electrons. The van der Waals surface area contributed by atoms with Crippen LogP contribution in [0.5, 0.6) is 0 Å². The number of hydrogen-bond acceptors (Lipinski definition) is 0. The second kappa shape index (κ2) is 1.90. The monoisotopic (exact) mass is 122 g/mol. The predicted molar refractivity (Wildman–Crippen MR) is 39.1 cm³/mol. The van der Waals surface area contributed by atoms with Gasteiger partial charge in [-0.05, 0) is 32.9 Å². The minimum absolute atomic E-state index is 0.0104. The molecule has 1 nitrogen and oxygen atoms in total. The van der Waals surface area contributed by atoms with Crippen LogP contribution in [0.25, 0.3) is 0 Å². The summed E-state index contributed by atoms with van der Waals surface area (Å²) in [4.78, 5) is 0. The van der Waals surface area contributed by atoms with Crippen LogP contribution in [0, 0.1) is 6.92 Å². The van der Waals surface area contributed by atoms with E-state index in [0.29, 0.717) is 0 Å². The summed E-state index contributed by atoms with van der Waals surface area (Å²) in [7, 11) is 0. The van der Waals surface area contributed by atoms with Gasteiger partial charge in [-0.2, -0.15) is 0 Å². The van der Waals surface area contributed by atoms with Crippen molar-refractivity contribution in [1.29, 1.82) is 0 Å². The molecule has 1 heterocycles. The number of hydrogen-bond donors (Lipinski definition) is 0. The fourth-order valence-corrected chi connectivity index (χ4v) is 0.738. The van der Waals surface area contributed by atoms with Gasteiger partial charge in [0.2, 0.25) is 0 Å². The van der Waals surface area contributed by atoms with Crippen LogP contribution < -0.4 is 0 Å². The molecule has 0 saturated heterocycles. The molecule has 0 bridgehead atoms. The molecule has 0 amide bonds. The molecule has 0 atom stereocenters. The third-order valence-corrected chi connectivity index (χ3v) is 1.30. The van der Waals surface area contributed by atoms with Crippen LogP contribution in [0.4, 0.5) is 0 Å². The van der Waals surface area contributed by atoms with Crippen LogP contribution in [0.2, 0.25) is 0 Å². The fraction of sp³-hybridized carbons (Fsp3) is 0.375. The highest BCUT2D eigenvalue weighted by Gasteiger charge is 2.09. The Morgan fingerprint density at radius 1 is 1.22 bits per heavy atom. The van der Waals surface area contributed by atoms with Crippen molar-refractivity contribution in [2.45, 2.75) is 19.4 Å². The molecule has 0 aliphatic rings. The molecule has 0 aromatic carbocycles. The Labute approximate surface area is 56.3 Å². The Morgan fingerprint density at radius 3 is 1.89 bits per heavy atom. The van der Waals surface area contributed by atoms with E-state index < -0.39 is 0 Å². The van der Waals surface area contributed by atoms with Crippen molar-refractivity contribution in [3.05, 3.63) is 31.5 Å². The summed E-state index contributed by atoms with van der Waals surface area (Å²) in [5.41, 5.74) is -0.0104. The lowest BCUT2D eigenvalue weighted by molar-refractivity contribution is 0.452. The first-order chi connectivity index (χ1) is 4.11. The van der Waals surface area contributed by atoms with Crippen molar-refractivity contribution < 1.29 is 0 Å². The molecule has 0 aliphatic heterocycles. The molecule has 1 heteroatoms. The second-order valence-electron chi connectivity index (χ2n) is 2.90. The van der Waals surface area contributed by atoms with Gasteiger partial charge in [0.25, 0.3) is 0 Å². The first-order valence-corrected chi connectivity index (χ1v) is 3.09. The van der Waals surface area contributed by atoms with Gasteiger partial charge < -0.3 is 4.57 Å². The third-order valence-electron chi connectivity index (χ3n) is 1.30. The van der Waals surface area contributed by atoms with Crippen molar-refractivity contribution >= 4 is 0 Å². The lowest BCUT2D eigenvalue weighted by Crippen LogP contribution is -2.19. The Bertz CT molecular complexity index is 167. The Hall–Kier alpha value is -0.720. The molecule has 0 spiro atoms. The van der Waals surface area contributed by atoms with Crippen molar-refractivity contribution in [2.24, 2.45) is 0 Å². The fourth-order valence-electron chi connectivity index (χ4n) is 0.738. The molecular formula is C8H12N. The van der Waals surface area contributed by atoms with E-state index in [1.807, 2.05) is 24.5 Å². The molecule has 9 heavy (non-hydrogen) atoms. The average Bonchev–Trinajstić information content (AvgIpc) is 2.08. The van der Waals surface area contributed by atoms with Gasteiger partial charge in [0.15, 0.2) is 0 Å². The van der Waals surface area contributed by atoms with E-state index in [2.05, 4.69) is 25.3 Å². The maximum Gasteiger partial charge on any atom is 0.0384 e. The van der Waals surface area contributed by atoms with Crippen LogP contribution in [0.1, 0.15) is 13.8 Å². The second-order valence-corrected chi connectivity index (χ2v) is 2.90. The number of nitrogens with zero attached hydrogens (tertiary/aromatic N) is 1. The van der Waals surface area contributed by atoms with Gasteiger partial charge in [-0.25, -0.2) is 0 Å². The van der Waals surface area contributed by atoms with E-state index in [1.54, 1.807) is 0 Å². The molecule has 1 aromatic heterocycles. The molecule has 1 aromatic rings. The van der Waals surface area contributed by atoms with Gasteiger partial charge in [0.05, 0.1) is 0 Å². The topological polar surface area (TPSA) is 4.93 Å². The van der Waals surface area contributed by atoms with Crippen LogP contribution in [0.15, 0.2) is 24.5 Å². The zero-order valence-electron chi connectivity index (χ0n) is 5.96. The van der Waals surface area contributed by atoms with E-state index in [0.717, 1.165) is 0 Å². The molecule has 1 radical (unpaired) electrons. The molecule has 0 saturated carbocycles. The smallest absolute Gasteiger partial charge is 0.0384 e. The Balaban J connectivity index is 2.90. The largest absolute Gasteiger partial charge is 0.349 e. The first kappa shape index (κ1) is 6.40. The normalized spacial score (nSPS) is 11.9. The molecule has 0 aliphatic carbocycles. The van der Waals surface area contributed by atoms with E-state index in [4.69, 9.17) is 0 Å². The summed E-state index contributed by atoms with van der Waals surface area (Å²) in [5, 5.41) is 0. The Kier molecular flexibility index (Phi) is 1.35. The SMILES string of the molecule is [CH2]C(C)(C)n1cccc1. The van der Waals surface area contributed by atoms with E-state index in [-0.39, 0.29) is 5.54 Å². The molecule has 0 unspecified atom stereocenters. The van der Waals surface area contributed by atoms with Gasteiger partial charge in [0, 0.05) is 17.9 Å². The standard InChI is InChI=1S/C8H12N/c1-8(2,3)9-6-4-5-7-9/h4-7H,1H2,2-3H3. The number of rotatable bonds is 1. The maximum atomic E-state index is 3.98. The van der Waals surface area contributed by atoms with Crippen molar-refractivity contribution in [2.75, 3.05) is 0 Å². The lowest BCUT2D eigenvalue weighted by Gasteiger charge is -2.20. The summed E-state index contributed by atoms with van der Waals surface area (Å²) in [6, 6.07) is 4.01. The van der Waals surface area contributed by atoms with E-state index >= 15 is 0 Å². The van der Waals surface area contributed by atoms with Gasteiger partial charge in [-0.3, -0.25) is 0 Å². The Morgan fingerprint density at radius 2 is 1.67 bits per heavy atom. The van der Waals surface area contributed by atoms with Crippen LogP contribution in [-0.4, -0.2) is 4.57 Å². The van der Waals surface area contributed by atoms with Crippen LogP contribution >= 0.6 is 0 Å². The molecular weight excluding hydrogens is 110 g/mol. The van der Waals surface area contributed by atoms with Gasteiger partial charge in [-0.15, -0.1) is 0 Å². The molecule has 1 rings (SSSR count). The van der Waals surface area contributed by atoms with Gasteiger partial charge >= 0.3 is 0 Å².